The summed E-state index contributed by atoms with van der Waals surface area (Å²) >= 11 is 7.56. The van der Waals surface area contributed by atoms with Crippen molar-refractivity contribution in [2.24, 2.45) is 0 Å². The van der Waals surface area contributed by atoms with Gasteiger partial charge in [0.2, 0.25) is 5.91 Å². The molecule has 4 rings (SSSR count). The monoisotopic (exact) mass is 403 g/mol. The highest BCUT2D eigenvalue weighted by Crippen LogP contribution is 2.38. The average Bonchev–Trinajstić information content (AvgIpc) is 3.19. The van der Waals surface area contributed by atoms with Gasteiger partial charge in [0.1, 0.15) is 13.2 Å². The number of hydrogen-bond acceptors (Lipinski definition) is 4. The third-order valence-corrected chi connectivity index (χ3v) is 6.17. The first kappa shape index (κ1) is 18.5. The largest absolute Gasteiger partial charge is 0.486 e. The number of hydrogen-bond donors (Lipinski definition) is 0. The summed E-state index contributed by atoms with van der Waals surface area (Å²) in [4.78, 5) is 14.8. The molecule has 27 heavy (non-hydrogen) atoms. The lowest BCUT2D eigenvalue weighted by molar-refractivity contribution is -0.129. The number of fused-ring (bicyclic) bond motifs is 1. The summed E-state index contributed by atoms with van der Waals surface area (Å²) in [5, 5.41) is 0.735. The number of carbonyl (C=O) groups excluding carboxylic acids is 1. The van der Waals surface area contributed by atoms with Crippen LogP contribution in [0.2, 0.25) is 5.02 Å². The smallest absolute Gasteiger partial charge is 0.233 e. The van der Waals surface area contributed by atoms with Gasteiger partial charge in [-0.1, -0.05) is 29.8 Å². The lowest BCUT2D eigenvalue weighted by atomic mass is 10.0. The van der Waals surface area contributed by atoms with E-state index in [1.54, 1.807) is 11.8 Å². The van der Waals surface area contributed by atoms with Crippen LogP contribution in [0.3, 0.4) is 0 Å². The Hall–Kier alpha value is -1.85. The fourth-order valence-corrected chi connectivity index (χ4v) is 4.60. The topological polar surface area (TPSA) is 38.8 Å². The molecule has 1 fully saturated rings. The van der Waals surface area contributed by atoms with Crippen LogP contribution in [-0.2, 0) is 10.5 Å². The average molecular weight is 404 g/mol. The van der Waals surface area contributed by atoms with Crippen molar-refractivity contribution in [3.05, 3.63) is 58.6 Å². The summed E-state index contributed by atoms with van der Waals surface area (Å²) in [5.74, 6) is 3.08. The molecule has 2 aromatic rings. The van der Waals surface area contributed by atoms with Crippen molar-refractivity contribution >= 4 is 29.3 Å². The minimum Gasteiger partial charge on any atom is -0.486 e. The molecule has 0 aliphatic carbocycles. The number of benzene rings is 2. The first-order valence-corrected chi connectivity index (χ1v) is 10.8. The maximum atomic E-state index is 12.8. The van der Waals surface area contributed by atoms with E-state index in [1.165, 1.54) is 5.56 Å². The van der Waals surface area contributed by atoms with Crippen LogP contribution in [0.25, 0.3) is 0 Å². The van der Waals surface area contributed by atoms with Gasteiger partial charge < -0.3 is 14.4 Å². The van der Waals surface area contributed by atoms with E-state index in [0.29, 0.717) is 19.0 Å². The van der Waals surface area contributed by atoms with E-state index in [4.69, 9.17) is 21.1 Å². The second-order valence-electron chi connectivity index (χ2n) is 6.77. The van der Waals surface area contributed by atoms with Gasteiger partial charge in [0.15, 0.2) is 11.5 Å². The molecule has 0 unspecified atom stereocenters. The molecular formula is C21H22ClNO3S. The molecule has 0 aromatic heterocycles. The van der Waals surface area contributed by atoms with Gasteiger partial charge >= 0.3 is 0 Å². The van der Waals surface area contributed by atoms with Gasteiger partial charge in [-0.2, -0.15) is 0 Å². The molecule has 0 radical (unpaired) electrons. The zero-order chi connectivity index (χ0) is 18.6. The van der Waals surface area contributed by atoms with Gasteiger partial charge in [-0.05, 0) is 48.2 Å². The second-order valence-corrected chi connectivity index (χ2v) is 8.19. The predicted molar refractivity (Wildman–Crippen MR) is 109 cm³/mol. The van der Waals surface area contributed by atoms with Crippen molar-refractivity contribution in [1.29, 1.82) is 0 Å². The van der Waals surface area contributed by atoms with Crippen molar-refractivity contribution in [2.45, 2.75) is 24.6 Å². The van der Waals surface area contributed by atoms with Crippen LogP contribution in [0.4, 0.5) is 0 Å². The van der Waals surface area contributed by atoms with E-state index in [0.717, 1.165) is 47.2 Å². The van der Waals surface area contributed by atoms with Gasteiger partial charge in [0.05, 0.1) is 11.8 Å². The third-order valence-electron chi connectivity index (χ3n) is 4.93. The van der Waals surface area contributed by atoms with Crippen molar-refractivity contribution in [3.63, 3.8) is 0 Å². The Morgan fingerprint density at radius 1 is 1.11 bits per heavy atom. The predicted octanol–water partition coefficient (Wildman–Crippen LogP) is 4.71. The molecule has 2 aliphatic rings. The Morgan fingerprint density at radius 2 is 1.89 bits per heavy atom. The maximum Gasteiger partial charge on any atom is 0.233 e. The van der Waals surface area contributed by atoms with Crippen molar-refractivity contribution < 1.29 is 14.3 Å². The van der Waals surface area contributed by atoms with Crippen LogP contribution in [0.15, 0.2) is 42.5 Å². The third kappa shape index (κ3) is 4.36. The molecule has 1 amide bonds. The van der Waals surface area contributed by atoms with Crippen molar-refractivity contribution in [1.82, 2.24) is 4.90 Å². The van der Waals surface area contributed by atoms with Crippen LogP contribution in [-0.4, -0.2) is 36.3 Å². The standard InChI is InChI=1S/C21H22ClNO3S/c22-17-6-3-15(4-7-17)13-27-14-21(24)23-9-1-2-18(23)16-5-8-19-20(12-16)26-11-10-25-19/h3-8,12,18H,1-2,9-11,13-14H2/t18-/m1/s1. The fourth-order valence-electron chi connectivity index (χ4n) is 3.60. The molecule has 2 aromatic carbocycles. The molecule has 0 spiro atoms. The Kier molecular flexibility index (Phi) is 5.79. The number of carbonyl (C=O) groups is 1. The summed E-state index contributed by atoms with van der Waals surface area (Å²) in [6.45, 7) is 1.98. The Labute approximate surface area is 168 Å². The van der Waals surface area contributed by atoms with Crippen LogP contribution >= 0.6 is 23.4 Å². The minimum absolute atomic E-state index is 0.129. The first-order chi connectivity index (χ1) is 13.2. The van der Waals surface area contributed by atoms with E-state index < -0.39 is 0 Å². The van der Waals surface area contributed by atoms with E-state index in [1.807, 2.05) is 41.3 Å². The number of rotatable bonds is 5. The number of ether oxygens (including phenoxy) is 2. The fraction of sp³-hybridized carbons (Fsp3) is 0.381. The van der Waals surface area contributed by atoms with Crippen LogP contribution < -0.4 is 9.47 Å². The highest BCUT2D eigenvalue weighted by Gasteiger charge is 2.30. The summed E-state index contributed by atoms with van der Waals surface area (Å²) in [7, 11) is 0. The molecule has 0 saturated carbocycles. The molecule has 2 heterocycles. The molecule has 1 atom stereocenters. The molecule has 4 nitrogen and oxygen atoms in total. The van der Waals surface area contributed by atoms with Gasteiger partial charge in [-0.25, -0.2) is 0 Å². The molecule has 0 N–H and O–H groups in total. The normalized spacial score (nSPS) is 18.6. The molecule has 2 aliphatic heterocycles. The highest BCUT2D eigenvalue weighted by molar-refractivity contribution is 7.99. The van der Waals surface area contributed by atoms with Crippen LogP contribution in [0, 0.1) is 0 Å². The number of likely N-dealkylation sites (tertiary alicyclic amines) is 1. The zero-order valence-electron chi connectivity index (χ0n) is 15.0. The molecular weight excluding hydrogens is 382 g/mol. The van der Waals surface area contributed by atoms with Crippen molar-refractivity contribution in [3.8, 4) is 11.5 Å². The van der Waals surface area contributed by atoms with E-state index in [2.05, 4.69) is 6.07 Å². The Bertz CT molecular complexity index is 812. The van der Waals surface area contributed by atoms with Crippen LogP contribution in [0.5, 0.6) is 11.5 Å². The van der Waals surface area contributed by atoms with Gasteiger partial charge in [-0.3, -0.25) is 4.79 Å². The van der Waals surface area contributed by atoms with Crippen molar-refractivity contribution in [2.75, 3.05) is 25.5 Å². The molecule has 6 heteroatoms. The Balaban J connectivity index is 1.37. The number of thioether (sulfide) groups is 1. The van der Waals surface area contributed by atoms with E-state index in [-0.39, 0.29) is 11.9 Å². The van der Waals surface area contributed by atoms with Gasteiger partial charge in [-0.15, -0.1) is 11.8 Å². The molecule has 0 bridgehead atoms. The summed E-state index contributed by atoms with van der Waals surface area (Å²) < 4.78 is 11.3. The quantitative estimate of drug-likeness (QED) is 0.724. The summed E-state index contributed by atoms with van der Waals surface area (Å²) in [6.07, 6.45) is 2.03. The number of amides is 1. The maximum absolute atomic E-state index is 12.8. The van der Waals surface area contributed by atoms with Gasteiger partial charge in [0.25, 0.3) is 0 Å². The summed E-state index contributed by atoms with van der Waals surface area (Å²) in [5.41, 5.74) is 2.31. The van der Waals surface area contributed by atoms with E-state index in [9.17, 15) is 4.79 Å². The first-order valence-electron chi connectivity index (χ1n) is 9.22. The summed E-state index contributed by atoms with van der Waals surface area (Å²) in [6, 6.07) is 14.0. The molecule has 1 saturated heterocycles. The lowest BCUT2D eigenvalue weighted by Crippen LogP contribution is -2.32. The highest BCUT2D eigenvalue weighted by atomic mass is 35.5. The zero-order valence-corrected chi connectivity index (χ0v) is 16.6. The second kappa shape index (κ2) is 8.44. The number of nitrogens with zero attached hydrogens (tertiary/aromatic N) is 1. The van der Waals surface area contributed by atoms with E-state index >= 15 is 0 Å². The molecule has 142 valence electrons. The Morgan fingerprint density at radius 3 is 2.70 bits per heavy atom. The lowest BCUT2D eigenvalue weighted by Gasteiger charge is -2.26. The van der Waals surface area contributed by atoms with Gasteiger partial charge in [0, 0.05) is 17.3 Å². The minimum atomic E-state index is 0.129. The SMILES string of the molecule is O=C(CSCc1ccc(Cl)cc1)N1CCC[C@@H]1c1ccc2c(c1)OCCO2. The number of halogens is 1. The van der Waals surface area contributed by atoms with Crippen LogP contribution in [0.1, 0.15) is 30.0 Å².